The van der Waals surface area contributed by atoms with Gasteiger partial charge in [0.2, 0.25) is 0 Å². The maximum absolute atomic E-state index is 10.3. The predicted molar refractivity (Wildman–Crippen MR) is 64.3 cm³/mol. The van der Waals surface area contributed by atoms with Crippen LogP contribution in [0.15, 0.2) is 30.3 Å². The van der Waals surface area contributed by atoms with Crippen molar-refractivity contribution in [1.82, 2.24) is 5.32 Å². The molecule has 2 N–H and O–H groups in total. The zero-order valence-corrected chi connectivity index (χ0v) is 9.65. The SMILES string of the molecule is CC(NCCCCC(=O)O)c1ccccc1. The molecule has 0 aliphatic carbocycles. The Balaban J connectivity index is 2.16. The van der Waals surface area contributed by atoms with Crippen LogP contribution < -0.4 is 5.32 Å². The fourth-order valence-electron chi connectivity index (χ4n) is 1.58. The van der Waals surface area contributed by atoms with Gasteiger partial charge >= 0.3 is 5.97 Å². The van der Waals surface area contributed by atoms with E-state index in [2.05, 4.69) is 24.4 Å². The molecule has 0 aliphatic heterocycles. The van der Waals surface area contributed by atoms with Gasteiger partial charge < -0.3 is 10.4 Å². The second kappa shape index (κ2) is 7.01. The Morgan fingerprint density at radius 1 is 1.31 bits per heavy atom. The lowest BCUT2D eigenvalue weighted by molar-refractivity contribution is -0.137. The second-order valence-corrected chi connectivity index (χ2v) is 3.94. The summed E-state index contributed by atoms with van der Waals surface area (Å²) in [7, 11) is 0. The minimum atomic E-state index is -0.712. The molecule has 0 heterocycles. The lowest BCUT2D eigenvalue weighted by Crippen LogP contribution is -2.19. The molecule has 88 valence electrons. The Morgan fingerprint density at radius 3 is 2.62 bits per heavy atom. The summed E-state index contributed by atoms with van der Waals surface area (Å²) < 4.78 is 0. The van der Waals surface area contributed by atoms with Gasteiger partial charge in [-0.05, 0) is 31.9 Å². The first-order valence-electron chi connectivity index (χ1n) is 5.70. The molecule has 1 aromatic rings. The van der Waals surface area contributed by atoms with Gasteiger partial charge in [-0.15, -0.1) is 0 Å². The number of carboxylic acid groups (broad SMARTS) is 1. The van der Waals surface area contributed by atoms with E-state index in [1.54, 1.807) is 0 Å². The highest BCUT2D eigenvalue weighted by molar-refractivity contribution is 5.66. The summed E-state index contributed by atoms with van der Waals surface area (Å²) in [6.07, 6.45) is 1.91. The number of carboxylic acids is 1. The number of carbonyl (C=O) groups is 1. The molecule has 1 unspecified atom stereocenters. The van der Waals surface area contributed by atoms with E-state index >= 15 is 0 Å². The third-order valence-corrected chi connectivity index (χ3v) is 2.57. The van der Waals surface area contributed by atoms with Gasteiger partial charge in [-0.25, -0.2) is 0 Å². The number of benzene rings is 1. The van der Waals surface area contributed by atoms with Crippen LogP contribution in [0.3, 0.4) is 0 Å². The van der Waals surface area contributed by atoms with Crippen molar-refractivity contribution in [3.05, 3.63) is 35.9 Å². The Kier molecular flexibility index (Phi) is 5.57. The molecule has 0 saturated heterocycles. The molecular formula is C13H19NO2. The van der Waals surface area contributed by atoms with E-state index in [1.165, 1.54) is 5.56 Å². The lowest BCUT2D eigenvalue weighted by Gasteiger charge is -2.13. The molecular weight excluding hydrogens is 202 g/mol. The Hall–Kier alpha value is -1.35. The van der Waals surface area contributed by atoms with Crippen LogP contribution in [0.25, 0.3) is 0 Å². The van der Waals surface area contributed by atoms with E-state index in [0.717, 1.165) is 19.4 Å². The maximum atomic E-state index is 10.3. The number of rotatable bonds is 7. The van der Waals surface area contributed by atoms with Crippen LogP contribution in [0.1, 0.15) is 37.8 Å². The topological polar surface area (TPSA) is 49.3 Å². The fraction of sp³-hybridized carbons (Fsp3) is 0.462. The van der Waals surface area contributed by atoms with Crippen LogP contribution in [-0.2, 0) is 4.79 Å². The van der Waals surface area contributed by atoms with E-state index in [4.69, 9.17) is 5.11 Å². The van der Waals surface area contributed by atoms with Crippen LogP contribution >= 0.6 is 0 Å². The molecule has 1 rings (SSSR count). The largest absolute Gasteiger partial charge is 0.481 e. The minimum Gasteiger partial charge on any atom is -0.481 e. The molecule has 1 atom stereocenters. The zero-order chi connectivity index (χ0) is 11.8. The predicted octanol–water partition coefficient (Wildman–Crippen LogP) is 2.59. The second-order valence-electron chi connectivity index (χ2n) is 3.94. The van der Waals surface area contributed by atoms with Crippen LogP contribution in [0.5, 0.6) is 0 Å². The van der Waals surface area contributed by atoms with E-state index in [0.29, 0.717) is 6.04 Å². The van der Waals surface area contributed by atoms with Crippen molar-refractivity contribution in [3.8, 4) is 0 Å². The summed E-state index contributed by atoms with van der Waals surface area (Å²) in [6, 6.07) is 10.6. The first-order chi connectivity index (χ1) is 7.70. The Bertz CT molecular complexity index is 311. The summed E-state index contributed by atoms with van der Waals surface area (Å²) in [5.41, 5.74) is 1.26. The third-order valence-electron chi connectivity index (χ3n) is 2.57. The smallest absolute Gasteiger partial charge is 0.303 e. The minimum absolute atomic E-state index is 0.265. The van der Waals surface area contributed by atoms with E-state index < -0.39 is 5.97 Å². The summed E-state index contributed by atoms with van der Waals surface area (Å²) in [4.78, 5) is 10.3. The molecule has 0 aromatic heterocycles. The molecule has 0 saturated carbocycles. The maximum Gasteiger partial charge on any atom is 0.303 e. The van der Waals surface area contributed by atoms with Gasteiger partial charge in [-0.3, -0.25) is 4.79 Å². The number of unbranched alkanes of at least 4 members (excludes halogenated alkanes) is 1. The van der Waals surface area contributed by atoms with Gasteiger partial charge in [-0.2, -0.15) is 0 Å². The first-order valence-corrected chi connectivity index (χ1v) is 5.70. The average molecular weight is 221 g/mol. The Labute approximate surface area is 96.5 Å². The summed E-state index contributed by atoms with van der Waals surface area (Å²) in [5.74, 6) is -0.712. The third kappa shape index (κ3) is 4.94. The monoisotopic (exact) mass is 221 g/mol. The van der Waals surface area contributed by atoms with Crippen LogP contribution in [0.4, 0.5) is 0 Å². The number of hydrogen-bond acceptors (Lipinski definition) is 2. The van der Waals surface area contributed by atoms with E-state index in [9.17, 15) is 4.79 Å². The zero-order valence-electron chi connectivity index (χ0n) is 9.65. The molecule has 0 aliphatic rings. The van der Waals surface area contributed by atoms with Gasteiger partial charge in [0.25, 0.3) is 0 Å². The standard InChI is InChI=1S/C13H19NO2/c1-11(12-7-3-2-4-8-12)14-10-6-5-9-13(15)16/h2-4,7-8,11,14H,5-6,9-10H2,1H3,(H,15,16). The van der Waals surface area contributed by atoms with E-state index in [1.807, 2.05) is 18.2 Å². The summed E-state index contributed by atoms with van der Waals surface area (Å²) in [6.45, 7) is 2.98. The highest BCUT2D eigenvalue weighted by atomic mass is 16.4. The molecule has 16 heavy (non-hydrogen) atoms. The van der Waals surface area contributed by atoms with Gasteiger partial charge in [0.15, 0.2) is 0 Å². The number of nitrogens with one attached hydrogen (secondary N) is 1. The molecule has 3 nitrogen and oxygen atoms in total. The average Bonchev–Trinajstić information content (AvgIpc) is 2.29. The molecule has 0 amide bonds. The van der Waals surface area contributed by atoms with Crippen molar-refractivity contribution in [1.29, 1.82) is 0 Å². The van der Waals surface area contributed by atoms with Crippen molar-refractivity contribution in [2.75, 3.05) is 6.54 Å². The molecule has 0 spiro atoms. The van der Waals surface area contributed by atoms with Crippen molar-refractivity contribution in [3.63, 3.8) is 0 Å². The summed E-state index contributed by atoms with van der Waals surface area (Å²) >= 11 is 0. The van der Waals surface area contributed by atoms with Gasteiger partial charge in [0.1, 0.15) is 0 Å². The van der Waals surface area contributed by atoms with Crippen molar-refractivity contribution in [2.24, 2.45) is 0 Å². The van der Waals surface area contributed by atoms with E-state index in [-0.39, 0.29) is 6.42 Å². The molecule has 3 heteroatoms. The van der Waals surface area contributed by atoms with Crippen LogP contribution in [-0.4, -0.2) is 17.6 Å². The molecule has 1 aromatic carbocycles. The number of hydrogen-bond donors (Lipinski definition) is 2. The van der Waals surface area contributed by atoms with Crippen molar-refractivity contribution in [2.45, 2.75) is 32.2 Å². The van der Waals surface area contributed by atoms with Gasteiger partial charge in [0.05, 0.1) is 0 Å². The molecule has 0 bridgehead atoms. The van der Waals surface area contributed by atoms with Crippen molar-refractivity contribution < 1.29 is 9.90 Å². The normalized spacial score (nSPS) is 12.3. The quantitative estimate of drug-likeness (QED) is 0.696. The highest BCUT2D eigenvalue weighted by Gasteiger charge is 2.03. The Morgan fingerprint density at radius 2 is 2.00 bits per heavy atom. The van der Waals surface area contributed by atoms with Crippen LogP contribution in [0.2, 0.25) is 0 Å². The molecule has 0 fully saturated rings. The van der Waals surface area contributed by atoms with Crippen LogP contribution in [0, 0.1) is 0 Å². The number of aliphatic carboxylic acids is 1. The lowest BCUT2D eigenvalue weighted by atomic mass is 10.1. The summed E-state index contributed by atoms with van der Waals surface area (Å²) in [5, 5.41) is 11.9. The highest BCUT2D eigenvalue weighted by Crippen LogP contribution is 2.10. The van der Waals surface area contributed by atoms with Gasteiger partial charge in [0, 0.05) is 12.5 Å². The molecule has 0 radical (unpaired) electrons. The van der Waals surface area contributed by atoms with Crippen molar-refractivity contribution >= 4 is 5.97 Å². The first kappa shape index (κ1) is 12.7. The fourth-order valence-corrected chi connectivity index (χ4v) is 1.58. The van der Waals surface area contributed by atoms with Gasteiger partial charge in [-0.1, -0.05) is 30.3 Å².